The number of rotatable bonds is 6. The molecule has 1 fully saturated rings. The van der Waals surface area contributed by atoms with Crippen LogP contribution in [-0.2, 0) is 15.8 Å². The molecule has 7 heteroatoms. The van der Waals surface area contributed by atoms with Gasteiger partial charge in [0.15, 0.2) is 0 Å². The van der Waals surface area contributed by atoms with Crippen molar-refractivity contribution in [3.8, 4) is 0 Å². The normalized spacial score (nSPS) is 20.5. The Hall–Kier alpha value is -2.05. The number of carboxylic acid groups (broad SMARTS) is 1. The number of amides is 1. The molecule has 1 aliphatic carbocycles. The number of carbonyl (C=O) groups is 2. The second-order valence-electron chi connectivity index (χ2n) is 6.80. The first kappa shape index (κ1) is 18.3. The number of halogens is 3. The van der Waals surface area contributed by atoms with E-state index in [1.54, 1.807) is 19.9 Å². The van der Waals surface area contributed by atoms with Crippen molar-refractivity contribution < 1.29 is 27.9 Å². The lowest BCUT2D eigenvalue weighted by molar-refractivity contribution is -0.147. The van der Waals surface area contributed by atoms with E-state index in [1.807, 2.05) is 0 Å². The number of carboxylic acids is 1. The smallest absolute Gasteiger partial charge is 0.416 e. The van der Waals surface area contributed by atoms with Gasteiger partial charge in [-0.2, -0.15) is 13.2 Å². The molecule has 2 unspecified atom stereocenters. The predicted octanol–water partition coefficient (Wildman–Crippen LogP) is 3.43. The Labute approximate surface area is 138 Å². The molecule has 0 bridgehead atoms. The summed E-state index contributed by atoms with van der Waals surface area (Å²) in [6, 6.07) is 5.04. The quantitative estimate of drug-likeness (QED) is 0.832. The molecule has 24 heavy (non-hydrogen) atoms. The third-order valence-corrected chi connectivity index (χ3v) is 4.40. The number of alkyl halides is 3. The monoisotopic (exact) mass is 343 g/mol. The highest BCUT2D eigenvalue weighted by atomic mass is 19.4. The summed E-state index contributed by atoms with van der Waals surface area (Å²) in [6.07, 6.45) is -3.60. The lowest BCUT2D eigenvalue weighted by atomic mass is 9.90. The minimum atomic E-state index is -4.40. The van der Waals surface area contributed by atoms with Gasteiger partial charge in [0.25, 0.3) is 0 Å². The summed E-state index contributed by atoms with van der Waals surface area (Å²) in [5.41, 5.74) is -1.14. The van der Waals surface area contributed by atoms with Gasteiger partial charge in [-0.3, -0.25) is 9.59 Å². The Morgan fingerprint density at radius 1 is 1.29 bits per heavy atom. The van der Waals surface area contributed by atoms with E-state index in [1.165, 1.54) is 6.07 Å². The number of hydrogen-bond acceptors (Lipinski definition) is 2. The summed E-state index contributed by atoms with van der Waals surface area (Å²) in [5, 5.41) is 11.7. The van der Waals surface area contributed by atoms with Crippen LogP contribution in [0.2, 0.25) is 0 Å². The summed E-state index contributed by atoms with van der Waals surface area (Å²) < 4.78 is 38.2. The topological polar surface area (TPSA) is 66.4 Å². The first-order chi connectivity index (χ1) is 11.0. The Kier molecular flexibility index (Phi) is 4.92. The van der Waals surface area contributed by atoms with Gasteiger partial charge in [-0.15, -0.1) is 0 Å². The third kappa shape index (κ3) is 4.27. The lowest BCUT2D eigenvalue weighted by Gasteiger charge is -2.18. The van der Waals surface area contributed by atoms with E-state index in [9.17, 15) is 22.8 Å². The van der Waals surface area contributed by atoms with Crippen molar-refractivity contribution in [1.29, 1.82) is 0 Å². The van der Waals surface area contributed by atoms with Gasteiger partial charge in [-0.25, -0.2) is 0 Å². The minimum Gasteiger partial charge on any atom is -0.481 e. The van der Waals surface area contributed by atoms with Crippen molar-refractivity contribution in [1.82, 2.24) is 5.32 Å². The molecular formula is C17H20F3NO3. The molecule has 1 saturated carbocycles. The molecule has 1 aliphatic rings. The van der Waals surface area contributed by atoms with Crippen LogP contribution >= 0.6 is 0 Å². The second-order valence-corrected chi connectivity index (χ2v) is 6.80. The minimum absolute atomic E-state index is 0.209. The Balaban J connectivity index is 1.89. The first-order valence-electron chi connectivity index (χ1n) is 7.70. The highest BCUT2D eigenvalue weighted by Crippen LogP contribution is 2.48. The molecule has 2 atom stereocenters. The Morgan fingerprint density at radius 3 is 2.54 bits per heavy atom. The number of hydrogen-bond donors (Lipinski definition) is 2. The van der Waals surface area contributed by atoms with Crippen LogP contribution in [0.15, 0.2) is 24.3 Å². The van der Waals surface area contributed by atoms with E-state index in [0.717, 1.165) is 12.1 Å². The number of aliphatic carboxylic acids is 1. The van der Waals surface area contributed by atoms with Crippen LogP contribution in [0.3, 0.4) is 0 Å². The average Bonchev–Trinajstić information content (AvgIpc) is 3.26. The van der Waals surface area contributed by atoms with Gasteiger partial charge in [0, 0.05) is 12.5 Å². The zero-order valence-electron chi connectivity index (χ0n) is 13.5. The number of carbonyl (C=O) groups excluding carboxylic acids is 1. The van der Waals surface area contributed by atoms with E-state index in [-0.39, 0.29) is 30.7 Å². The van der Waals surface area contributed by atoms with E-state index in [0.29, 0.717) is 12.0 Å². The summed E-state index contributed by atoms with van der Waals surface area (Å²) in [7, 11) is 0. The first-order valence-corrected chi connectivity index (χ1v) is 7.70. The van der Waals surface area contributed by atoms with Gasteiger partial charge in [0.1, 0.15) is 0 Å². The van der Waals surface area contributed by atoms with Crippen molar-refractivity contribution in [2.45, 2.75) is 38.8 Å². The van der Waals surface area contributed by atoms with E-state index >= 15 is 0 Å². The fourth-order valence-corrected chi connectivity index (χ4v) is 2.54. The molecule has 0 aliphatic heterocycles. The maximum absolute atomic E-state index is 12.7. The maximum Gasteiger partial charge on any atom is 0.416 e. The molecule has 2 N–H and O–H groups in total. The second kappa shape index (κ2) is 6.45. The molecule has 0 aromatic heterocycles. The van der Waals surface area contributed by atoms with Crippen molar-refractivity contribution in [3.05, 3.63) is 35.4 Å². The van der Waals surface area contributed by atoms with Crippen LogP contribution in [0.4, 0.5) is 13.2 Å². The summed E-state index contributed by atoms with van der Waals surface area (Å²) in [5.74, 6) is -1.73. The van der Waals surface area contributed by atoms with Crippen molar-refractivity contribution in [2.24, 2.45) is 11.3 Å². The van der Waals surface area contributed by atoms with Crippen molar-refractivity contribution >= 4 is 11.9 Å². The molecule has 0 radical (unpaired) electrons. The molecule has 1 aromatic rings. The molecule has 1 amide bonds. The van der Waals surface area contributed by atoms with Crippen LogP contribution in [0.5, 0.6) is 0 Å². The fourth-order valence-electron chi connectivity index (χ4n) is 2.54. The Bertz CT molecular complexity index is 640. The molecule has 0 spiro atoms. The summed E-state index contributed by atoms with van der Waals surface area (Å²) >= 11 is 0. The fraction of sp³-hybridized carbons (Fsp3) is 0.529. The largest absolute Gasteiger partial charge is 0.481 e. The zero-order valence-corrected chi connectivity index (χ0v) is 13.5. The van der Waals surface area contributed by atoms with Crippen LogP contribution in [0.1, 0.15) is 43.7 Å². The van der Waals surface area contributed by atoms with Crippen LogP contribution in [0, 0.1) is 11.3 Å². The van der Waals surface area contributed by atoms with E-state index in [2.05, 4.69) is 5.32 Å². The van der Waals surface area contributed by atoms with Gasteiger partial charge in [0.2, 0.25) is 5.91 Å². The third-order valence-electron chi connectivity index (χ3n) is 4.40. The standard InChI is InChI=1S/C17H20F3NO3/c1-16(2,15(23)24)6-7-21-14(22)13-9-12(13)10-4-3-5-11(8-10)17(18,19)20/h3-5,8,12-13H,6-7,9H2,1-2H3,(H,21,22)(H,23,24). The van der Waals surface area contributed by atoms with Gasteiger partial charge in [-0.1, -0.05) is 18.2 Å². The van der Waals surface area contributed by atoms with Crippen LogP contribution < -0.4 is 5.32 Å². The lowest BCUT2D eigenvalue weighted by Crippen LogP contribution is -2.32. The van der Waals surface area contributed by atoms with Gasteiger partial charge < -0.3 is 10.4 Å². The number of nitrogens with one attached hydrogen (secondary N) is 1. The predicted molar refractivity (Wildman–Crippen MR) is 81.3 cm³/mol. The van der Waals surface area contributed by atoms with E-state index < -0.39 is 23.1 Å². The molecular weight excluding hydrogens is 323 g/mol. The van der Waals surface area contributed by atoms with Gasteiger partial charge >= 0.3 is 12.1 Å². The molecule has 4 nitrogen and oxygen atoms in total. The molecule has 2 rings (SSSR count). The Morgan fingerprint density at radius 2 is 1.96 bits per heavy atom. The summed E-state index contributed by atoms with van der Waals surface area (Å²) in [6.45, 7) is 3.37. The van der Waals surface area contributed by atoms with Crippen LogP contribution in [0.25, 0.3) is 0 Å². The summed E-state index contributed by atoms with van der Waals surface area (Å²) in [4.78, 5) is 23.0. The molecule has 0 heterocycles. The number of benzene rings is 1. The van der Waals surface area contributed by atoms with Gasteiger partial charge in [-0.05, 0) is 44.2 Å². The molecule has 0 saturated heterocycles. The molecule has 1 aromatic carbocycles. The zero-order chi connectivity index (χ0) is 18.1. The van der Waals surface area contributed by atoms with Crippen molar-refractivity contribution in [3.63, 3.8) is 0 Å². The van der Waals surface area contributed by atoms with E-state index in [4.69, 9.17) is 5.11 Å². The van der Waals surface area contributed by atoms with Gasteiger partial charge in [0.05, 0.1) is 11.0 Å². The molecule has 132 valence electrons. The van der Waals surface area contributed by atoms with Crippen LogP contribution in [-0.4, -0.2) is 23.5 Å². The average molecular weight is 343 g/mol. The highest BCUT2D eigenvalue weighted by Gasteiger charge is 2.44. The maximum atomic E-state index is 12.7. The van der Waals surface area contributed by atoms with Crippen molar-refractivity contribution in [2.75, 3.05) is 6.54 Å². The SMILES string of the molecule is CC(C)(CCNC(=O)C1CC1c1cccc(C(F)(F)F)c1)C(=O)O. The highest BCUT2D eigenvalue weighted by molar-refractivity contribution is 5.83.